The SMILES string of the molecule is CCCCCCCCCCCCCCCCSC[n+]1cccc(Br)c1. The lowest BCUT2D eigenvalue weighted by Crippen LogP contribution is -2.30. The zero-order valence-electron chi connectivity index (χ0n) is 16.4. The summed E-state index contributed by atoms with van der Waals surface area (Å²) in [6.07, 6.45) is 24.5. The largest absolute Gasteiger partial charge is 0.194 e. The smallest absolute Gasteiger partial charge is 0.194 e. The Morgan fingerprint density at radius 2 is 1.32 bits per heavy atom. The van der Waals surface area contributed by atoms with Crippen LogP contribution in [-0.2, 0) is 5.88 Å². The summed E-state index contributed by atoms with van der Waals surface area (Å²) in [5.74, 6) is 2.36. The number of rotatable bonds is 17. The maximum absolute atomic E-state index is 3.52. The molecule has 0 amide bonds. The van der Waals surface area contributed by atoms with Crippen molar-refractivity contribution in [2.45, 2.75) is 103 Å². The maximum atomic E-state index is 3.52. The van der Waals surface area contributed by atoms with Crippen molar-refractivity contribution in [3.8, 4) is 0 Å². The lowest BCUT2D eigenvalue weighted by Gasteiger charge is -2.03. The summed E-state index contributed by atoms with van der Waals surface area (Å²) in [7, 11) is 0. The van der Waals surface area contributed by atoms with E-state index in [9.17, 15) is 0 Å². The van der Waals surface area contributed by atoms with Gasteiger partial charge in [-0.25, -0.2) is 0 Å². The highest BCUT2D eigenvalue weighted by atomic mass is 79.9. The second kappa shape index (κ2) is 17.4. The average molecular weight is 430 g/mol. The van der Waals surface area contributed by atoms with Crippen molar-refractivity contribution in [3.05, 3.63) is 29.0 Å². The Balaban J connectivity index is 1.75. The highest BCUT2D eigenvalue weighted by Crippen LogP contribution is 2.14. The molecule has 0 saturated carbocycles. The van der Waals surface area contributed by atoms with Gasteiger partial charge in [0.1, 0.15) is 0 Å². The van der Waals surface area contributed by atoms with E-state index in [2.05, 4.69) is 51.9 Å². The maximum Gasteiger partial charge on any atom is 0.194 e. The Bertz CT molecular complexity index is 411. The summed E-state index contributed by atoms with van der Waals surface area (Å²) >= 11 is 5.56. The Morgan fingerprint density at radius 3 is 1.84 bits per heavy atom. The van der Waals surface area contributed by atoms with E-state index in [0.717, 1.165) is 10.3 Å². The lowest BCUT2D eigenvalue weighted by atomic mass is 10.0. The van der Waals surface area contributed by atoms with E-state index >= 15 is 0 Å². The average Bonchev–Trinajstić information content (AvgIpc) is 2.61. The predicted octanol–water partition coefficient (Wildman–Crippen LogP) is 7.91. The number of hydrogen-bond acceptors (Lipinski definition) is 1. The standard InChI is InChI=1S/C22H39BrNS/c1-2-3-4-5-6-7-8-9-10-11-12-13-14-15-19-25-21-24-18-16-17-22(23)20-24/h16-18,20H,2-15,19,21H2,1H3/q+1. The molecule has 25 heavy (non-hydrogen) atoms. The van der Waals surface area contributed by atoms with Crippen LogP contribution in [0, 0.1) is 0 Å². The third-order valence-electron chi connectivity index (χ3n) is 4.70. The Hall–Kier alpha value is -0.0200. The molecule has 0 aromatic carbocycles. The third kappa shape index (κ3) is 14.8. The monoisotopic (exact) mass is 428 g/mol. The van der Waals surface area contributed by atoms with Gasteiger partial charge in [0, 0.05) is 6.07 Å². The van der Waals surface area contributed by atoms with Gasteiger partial charge in [-0.15, -0.1) is 0 Å². The number of nitrogens with zero attached hydrogens (tertiary/aromatic N) is 1. The molecule has 0 atom stereocenters. The zero-order valence-corrected chi connectivity index (χ0v) is 18.8. The van der Waals surface area contributed by atoms with Gasteiger partial charge in [0.15, 0.2) is 18.3 Å². The summed E-state index contributed by atoms with van der Waals surface area (Å²) in [6, 6.07) is 4.17. The van der Waals surface area contributed by atoms with E-state index < -0.39 is 0 Å². The first-order valence-electron chi connectivity index (χ1n) is 10.6. The molecule has 0 aliphatic carbocycles. The predicted molar refractivity (Wildman–Crippen MR) is 117 cm³/mol. The summed E-state index contributed by atoms with van der Waals surface area (Å²) in [5.41, 5.74) is 0. The number of unbranched alkanes of at least 4 members (excludes halogenated alkanes) is 13. The van der Waals surface area contributed by atoms with Crippen molar-refractivity contribution < 1.29 is 4.57 Å². The molecule has 1 rings (SSSR count). The van der Waals surface area contributed by atoms with Gasteiger partial charge in [0.2, 0.25) is 0 Å². The van der Waals surface area contributed by atoms with Crippen molar-refractivity contribution in [3.63, 3.8) is 0 Å². The number of aromatic nitrogens is 1. The van der Waals surface area contributed by atoms with Gasteiger partial charge in [-0.05, 0) is 34.2 Å². The Morgan fingerprint density at radius 1 is 0.800 bits per heavy atom. The molecule has 0 fully saturated rings. The van der Waals surface area contributed by atoms with Crippen LogP contribution in [-0.4, -0.2) is 5.75 Å². The molecule has 1 aromatic rings. The number of hydrogen-bond donors (Lipinski definition) is 0. The van der Waals surface area contributed by atoms with E-state index in [1.807, 2.05) is 11.8 Å². The van der Waals surface area contributed by atoms with Gasteiger partial charge in [-0.3, -0.25) is 0 Å². The van der Waals surface area contributed by atoms with Crippen LogP contribution >= 0.6 is 27.7 Å². The summed E-state index contributed by atoms with van der Waals surface area (Å²) in [4.78, 5) is 0. The summed E-state index contributed by atoms with van der Waals surface area (Å²) in [6.45, 7) is 2.29. The van der Waals surface area contributed by atoms with Crippen molar-refractivity contribution in [2.75, 3.05) is 5.75 Å². The molecule has 0 aliphatic rings. The van der Waals surface area contributed by atoms with Crippen LogP contribution < -0.4 is 4.57 Å². The molecule has 1 aromatic heterocycles. The lowest BCUT2D eigenvalue weighted by molar-refractivity contribution is -0.676. The molecule has 1 nitrogen and oxygen atoms in total. The number of pyridine rings is 1. The van der Waals surface area contributed by atoms with Crippen molar-refractivity contribution in [1.82, 2.24) is 0 Å². The molecule has 0 unspecified atom stereocenters. The van der Waals surface area contributed by atoms with E-state index in [0.29, 0.717) is 0 Å². The minimum atomic E-state index is 1.07. The summed E-state index contributed by atoms with van der Waals surface area (Å²) < 4.78 is 3.41. The van der Waals surface area contributed by atoms with E-state index in [4.69, 9.17) is 0 Å². The second-order valence-electron chi connectivity index (χ2n) is 7.17. The minimum absolute atomic E-state index is 1.07. The first kappa shape index (κ1) is 23.0. The molecule has 0 radical (unpaired) electrons. The summed E-state index contributed by atoms with van der Waals surface area (Å²) in [5, 5.41) is 0. The molecule has 0 saturated heterocycles. The number of thioether (sulfide) groups is 1. The van der Waals surface area contributed by atoms with E-state index in [-0.39, 0.29) is 0 Å². The third-order valence-corrected chi connectivity index (χ3v) is 6.23. The van der Waals surface area contributed by atoms with Crippen molar-refractivity contribution >= 4 is 27.7 Å². The first-order valence-corrected chi connectivity index (χ1v) is 12.5. The van der Waals surface area contributed by atoms with E-state index in [1.54, 1.807) is 0 Å². The normalized spacial score (nSPS) is 11.1. The minimum Gasteiger partial charge on any atom is -0.194 e. The quantitative estimate of drug-likeness (QED) is 0.180. The molecule has 0 N–H and O–H groups in total. The molecule has 3 heteroatoms. The molecular weight excluding hydrogens is 390 g/mol. The fourth-order valence-electron chi connectivity index (χ4n) is 3.14. The molecule has 1 heterocycles. The Labute approximate surface area is 169 Å². The van der Waals surface area contributed by atoms with Crippen LogP contribution in [0.3, 0.4) is 0 Å². The molecule has 144 valence electrons. The molecule has 0 bridgehead atoms. The van der Waals surface area contributed by atoms with Crippen LogP contribution in [0.15, 0.2) is 29.0 Å². The van der Waals surface area contributed by atoms with Crippen LogP contribution in [0.5, 0.6) is 0 Å². The van der Waals surface area contributed by atoms with Gasteiger partial charge in [-0.2, -0.15) is 4.57 Å². The Kier molecular flexibility index (Phi) is 16.0. The van der Waals surface area contributed by atoms with Crippen molar-refractivity contribution in [2.24, 2.45) is 0 Å². The van der Waals surface area contributed by atoms with Gasteiger partial charge in [-0.1, -0.05) is 102 Å². The highest BCUT2D eigenvalue weighted by molar-refractivity contribution is 9.10. The van der Waals surface area contributed by atoms with Crippen molar-refractivity contribution in [1.29, 1.82) is 0 Å². The fourth-order valence-corrected chi connectivity index (χ4v) is 4.46. The van der Waals surface area contributed by atoms with Crippen LogP contribution in [0.4, 0.5) is 0 Å². The molecular formula is C22H39BrNS+. The highest BCUT2D eigenvalue weighted by Gasteiger charge is 2.00. The van der Waals surface area contributed by atoms with Crippen LogP contribution in [0.1, 0.15) is 96.8 Å². The molecule has 0 aliphatic heterocycles. The van der Waals surface area contributed by atoms with Gasteiger partial charge < -0.3 is 0 Å². The van der Waals surface area contributed by atoms with Gasteiger partial charge in [0.25, 0.3) is 0 Å². The van der Waals surface area contributed by atoms with Crippen LogP contribution in [0.2, 0.25) is 0 Å². The van der Waals surface area contributed by atoms with Crippen LogP contribution in [0.25, 0.3) is 0 Å². The topological polar surface area (TPSA) is 3.88 Å². The first-order chi connectivity index (χ1) is 12.3. The van der Waals surface area contributed by atoms with Gasteiger partial charge in [0.05, 0.1) is 4.47 Å². The fraction of sp³-hybridized carbons (Fsp3) is 0.773. The number of halogens is 1. The van der Waals surface area contributed by atoms with Gasteiger partial charge >= 0.3 is 0 Å². The second-order valence-corrected chi connectivity index (χ2v) is 9.16. The van der Waals surface area contributed by atoms with E-state index in [1.165, 1.54) is 95.6 Å². The molecule has 0 spiro atoms. The zero-order chi connectivity index (χ0) is 18.0.